The molecule has 8 heteroatoms. The van der Waals surface area contributed by atoms with Crippen LogP contribution in [0.15, 0.2) is 34.9 Å². The number of ether oxygens (including phenoxy) is 1. The maximum Gasteiger partial charge on any atom is 0.422 e. The number of carbonyl (C=O) groups excluding carboxylic acids is 1. The summed E-state index contributed by atoms with van der Waals surface area (Å²) in [5, 5.41) is 2.97. The fourth-order valence-electron chi connectivity index (χ4n) is 1.53. The fourth-order valence-corrected chi connectivity index (χ4v) is 1.88. The summed E-state index contributed by atoms with van der Waals surface area (Å²) in [6.07, 6.45) is -4.21. The number of rotatable bonds is 2. The monoisotopic (exact) mass is 348 g/mol. The second-order valence-corrected chi connectivity index (χ2v) is 4.76. The number of benzene rings is 1. The minimum absolute atomic E-state index is 0.280. The van der Waals surface area contributed by atoms with Gasteiger partial charge in [0.05, 0.1) is 11.2 Å². The van der Waals surface area contributed by atoms with Crippen LogP contribution in [0.5, 0.6) is 0 Å². The summed E-state index contributed by atoms with van der Waals surface area (Å²) in [4.78, 5) is 15.4. The number of hydrogen-bond donors (Lipinski definition) is 1. The average molecular weight is 349 g/mol. The number of alkyl halides is 3. The molecule has 20 heavy (non-hydrogen) atoms. The molecule has 0 spiro atoms. The number of fused-ring (bicyclic) bond motifs is 1. The van der Waals surface area contributed by atoms with E-state index in [-0.39, 0.29) is 5.69 Å². The highest BCUT2D eigenvalue weighted by Gasteiger charge is 2.29. The van der Waals surface area contributed by atoms with Gasteiger partial charge in [-0.3, -0.25) is 10.3 Å². The number of amides is 1. The van der Waals surface area contributed by atoms with Gasteiger partial charge in [-0.2, -0.15) is 13.2 Å². The number of halogens is 4. The largest absolute Gasteiger partial charge is 0.440 e. The number of hydrogen-bond acceptors (Lipinski definition) is 3. The molecule has 0 aliphatic heterocycles. The molecule has 1 heterocycles. The summed E-state index contributed by atoms with van der Waals surface area (Å²) in [5.74, 6) is 0. The molecule has 0 aliphatic carbocycles. The van der Waals surface area contributed by atoms with E-state index < -0.39 is 18.9 Å². The summed E-state index contributed by atoms with van der Waals surface area (Å²) >= 11 is 3.25. The maximum absolute atomic E-state index is 11.9. The highest BCUT2D eigenvalue weighted by atomic mass is 79.9. The average Bonchev–Trinajstić information content (AvgIpc) is 2.35. The van der Waals surface area contributed by atoms with Crippen LogP contribution in [0.25, 0.3) is 10.9 Å². The van der Waals surface area contributed by atoms with E-state index in [1.165, 1.54) is 12.3 Å². The predicted octanol–water partition coefficient (Wildman–Crippen LogP) is 4.11. The van der Waals surface area contributed by atoms with E-state index in [2.05, 4.69) is 31.0 Å². The van der Waals surface area contributed by atoms with E-state index >= 15 is 0 Å². The maximum atomic E-state index is 11.9. The minimum Gasteiger partial charge on any atom is -0.440 e. The zero-order valence-electron chi connectivity index (χ0n) is 9.87. The van der Waals surface area contributed by atoms with Gasteiger partial charge in [0.25, 0.3) is 0 Å². The van der Waals surface area contributed by atoms with Crippen LogP contribution in [0.1, 0.15) is 0 Å². The minimum atomic E-state index is -4.56. The molecule has 0 bridgehead atoms. The van der Waals surface area contributed by atoms with E-state index in [9.17, 15) is 18.0 Å². The van der Waals surface area contributed by atoms with Crippen molar-refractivity contribution in [3.8, 4) is 0 Å². The van der Waals surface area contributed by atoms with Crippen molar-refractivity contribution < 1.29 is 22.7 Å². The molecule has 1 N–H and O–H groups in total. The van der Waals surface area contributed by atoms with Crippen LogP contribution in [0.3, 0.4) is 0 Å². The smallest absolute Gasteiger partial charge is 0.422 e. The number of carbonyl (C=O) groups is 1. The summed E-state index contributed by atoms with van der Waals surface area (Å²) in [7, 11) is 0. The summed E-state index contributed by atoms with van der Waals surface area (Å²) in [5.41, 5.74) is 0.738. The van der Waals surface area contributed by atoms with Crippen molar-refractivity contribution in [3.63, 3.8) is 0 Å². The molecular formula is C12H8BrF3N2O2. The molecule has 2 aromatic rings. The van der Waals surface area contributed by atoms with Gasteiger partial charge in [-0.15, -0.1) is 0 Å². The lowest BCUT2D eigenvalue weighted by Gasteiger charge is -2.10. The van der Waals surface area contributed by atoms with Crippen molar-refractivity contribution in [2.45, 2.75) is 6.18 Å². The number of nitrogens with zero attached hydrogens (tertiary/aromatic N) is 1. The van der Waals surface area contributed by atoms with Crippen molar-refractivity contribution in [2.75, 3.05) is 11.9 Å². The Hall–Kier alpha value is -1.83. The predicted molar refractivity (Wildman–Crippen MR) is 70.5 cm³/mol. The molecule has 0 radical (unpaired) electrons. The van der Waals surface area contributed by atoms with Crippen LogP contribution in [0, 0.1) is 0 Å². The normalized spacial score (nSPS) is 11.4. The summed E-state index contributed by atoms with van der Waals surface area (Å²) < 4.78 is 40.6. The van der Waals surface area contributed by atoms with Gasteiger partial charge in [0.2, 0.25) is 0 Å². The Morgan fingerprint density at radius 3 is 2.85 bits per heavy atom. The van der Waals surface area contributed by atoms with E-state index in [1.807, 2.05) is 0 Å². The Balaban J connectivity index is 2.15. The van der Waals surface area contributed by atoms with E-state index in [4.69, 9.17) is 0 Å². The molecule has 0 fully saturated rings. The third-order valence-corrected chi connectivity index (χ3v) is 2.71. The highest BCUT2D eigenvalue weighted by Crippen LogP contribution is 2.24. The van der Waals surface area contributed by atoms with Gasteiger partial charge in [-0.05, 0) is 28.1 Å². The van der Waals surface area contributed by atoms with Gasteiger partial charge in [0, 0.05) is 16.1 Å². The molecule has 106 valence electrons. The fraction of sp³-hybridized carbons (Fsp3) is 0.167. The van der Waals surface area contributed by atoms with Gasteiger partial charge in [-0.1, -0.05) is 12.1 Å². The van der Waals surface area contributed by atoms with E-state index in [1.54, 1.807) is 18.2 Å². The lowest BCUT2D eigenvalue weighted by molar-refractivity contribution is -0.159. The molecule has 0 aliphatic rings. The number of pyridine rings is 1. The van der Waals surface area contributed by atoms with Gasteiger partial charge in [-0.25, -0.2) is 4.79 Å². The molecule has 4 nitrogen and oxygen atoms in total. The molecule has 0 unspecified atom stereocenters. The number of aromatic nitrogens is 1. The lowest BCUT2D eigenvalue weighted by atomic mass is 10.2. The molecule has 0 saturated carbocycles. The molecule has 0 atom stereocenters. The molecule has 1 aromatic heterocycles. The molecular weight excluding hydrogens is 341 g/mol. The molecule has 2 rings (SSSR count). The molecule has 1 amide bonds. The van der Waals surface area contributed by atoms with Gasteiger partial charge < -0.3 is 4.74 Å². The van der Waals surface area contributed by atoms with Crippen LogP contribution in [-0.4, -0.2) is 23.9 Å². The van der Waals surface area contributed by atoms with Crippen molar-refractivity contribution in [1.82, 2.24) is 4.98 Å². The van der Waals surface area contributed by atoms with Crippen molar-refractivity contribution >= 4 is 38.6 Å². The van der Waals surface area contributed by atoms with Gasteiger partial charge >= 0.3 is 12.3 Å². The van der Waals surface area contributed by atoms with Crippen LogP contribution in [0.4, 0.5) is 23.7 Å². The zero-order chi connectivity index (χ0) is 14.8. The Morgan fingerprint density at radius 1 is 1.40 bits per heavy atom. The number of nitrogens with one attached hydrogen (secondary N) is 1. The second kappa shape index (κ2) is 5.66. The van der Waals surface area contributed by atoms with Crippen LogP contribution in [0.2, 0.25) is 0 Å². The Bertz CT molecular complexity index is 646. The SMILES string of the molecule is O=C(Nc1cccc2cc(Br)cnc12)OCC(F)(F)F. The van der Waals surface area contributed by atoms with Crippen molar-refractivity contribution in [2.24, 2.45) is 0 Å². The van der Waals surface area contributed by atoms with Gasteiger partial charge in [0.1, 0.15) is 0 Å². The highest BCUT2D eigenvalue weighted by molar-refractivity contribution is 9.10. The molecule has 1 aromatic carbocycles. The Labute approximate surface area is 120 Å². The Kier molecular flexibility index (Phi) is 4.12. The van der Waals surface area contributed by atoms with Crippen molar-refractivity contribution in [3.05, 3.63) is 34.9 Å². The summed E-state index contributed by atoms with van der Waals surface area (Å²) in [6, 6.07) is 6.71. The molecule has 0 saturated heterocycles. The lowest BCUT2D eigenvalue weighted by Crippen LogP contribution is -2.23. The Morgan fingerprint density at radius 2 is 2.15 bits per heavy atom. The quantitative estimate of drug-likeness (QED) is 0.888. The first-order chi connectivity index (χ1) is 9.35. The first kappa shape index (κ1) is 14.6. The summed E-state index contributed by atoms with van der Waals surface area (Å²) in [6.45, 7) is -1.64. The van der Waals surface area contributed by atoms with E-state index in [0.717, 1.165) is 9.86 Å². The van der Waals surface area contributed by atoms with Gasteiger partial charge in [0.15, 0.2) is 6.61 Å². The number of para-hydroxylation sites is 1. The van der Waals surface area contributed by atoms with Crippen LogP contribution >= 0.6 is 15.9 Å². The zero-order valence-corrected chi connectivity index (χ0v) is 11.5. The topological polar surface area (TPSA) is 51.2 Å². The number of anilines is 1. The standard InChI is InChI=1S/C12H8BrF3N2O2/c13-8-4-7-2-1-3-9(10(7)17-5-8)18-11(19)20-6-12(14,15)16/h1-5H,6H2,(H,18,19). The first-order valence-electron chi connectivity index (χ1n) is 5.40. The third kappa shape index (κ3) is 3.83. The third-order valence-electron chi connectivity index (χ3n) is 2.28. The van der Waals surface area contributed by atoms with Crippen molar-refractivity contribution in [1.29, 1.82) is 0 Å². The second-order valence-electron chi connectivity index (χ2n) is 3.85. The van der Waals surface area contributed by atoms with Crippen LogP contribution in [-0.2, 0) is 4.74 Å². The van der Waals surface area contributed by atoms with Crippen LogP contribution < -0.4 is 5.32 Å². The van der Waals surface area contributed by atoms with E-state index in [0.29, 0.717) is 5.52 Å². The first-order valence-corrected chi connectivity index (χ1v) is 6.19.